The normalized spacial score (nSPS) is 12.9. The zero-order valence-corrected chi connectivity index (χ0v) is 12.5. The molecule has 1 aromatic rings. The molecule has 0 radical (unpaired) electrons. The van der Waals surface area contributed by atoms with Crippen molar-refractivity contribution in [1.29, 1.82) is 0 Å². The van der Waals surface area contributed by atoms with Crippen molar-refractivity contribution in [3.63, 3.8) is 0 Å². The lowest BCUT2D eigenvalue weighted by molar-refractivity contribution is -0.121. The molecular weight excluding hydrogens is 278 g/mol. The Kier molecular flexibility index (Phi) is 5.97. The van der Waals surface area contributed by atoms with Crippen LogP contribution in [0.5, 0.6) is 0 Å². The van der Waals surface area contributed by atoms with E-state index in [1.807, 2.05) is 13.8 Å². The summed E-state index contributed by atoms with van der Waals surface area (Å²) in [6.07, 6.45) is 0.937. The fourth-order valence-corrected chi connectivity index (χ4v) is 2.60. The van der Waals surface area contributed by atoms with Gasteiger partial charge in [-0.25, -0.2) is 13.1 Å². The quantitative estimate of drug-likeness (QED) is 0.650. The maximum atomic E-state index is 11.9. The zero-order valence-electron chi connectivity index (χ0n) is 11.7. The molecule has 0 saturated heterocycles. The van der Waals surface area contributed by atoms with Gasteiger partial charge in [-0.15, -0.1) is 0 Å². The molecule has 0 heterocycles. The van der Waals surface area contributed by atoms with Gasteiger partial charge in [0.05, 0.1) is 4.90 Å². The lowest BCUT2D eigenvalue weighted by Gasteiger charge is -2.11. The van der Waals surface area contributed by atoms with Gasteiger partial charge in [0.2, 0.25) is 15.9 Å². The van der Waals surface area contributed by atoms with Crippen LogP contribution in [0.2, 0.25) is 0 Å². The zero-order chi connectivity index (χ0) is 15.2. The number of carbonyl (C=O) groups is 1. The highest BCUT2D eigenvalue weighted by molar-refractivity contribution is 7.89. The lowest BCUT2D eigenvalue weighted by atomic mass is 10.2. The van der Waals surface area contributed by atoms with Gasteiger partial charge in [0.1, 0.15) is 0 Å². The van der Waals surface area contributed by atoms with Crippen molar-refractivity contribution in [2.45, 2.75) is 37.6 Å². The first kappa shape index (κ1) is 16.5. The van der Waals surface area contributed by atoms with Crippen molar-refractivity contribution in [2.24, 2.45) is 0 Å². The molecule has 1 amide bonds. The fourth-order valence-electron chi connectivity index (χ4n) is 1.51. The van der Waals surface area contributed by atoms with Gasteiger partial charge in [0, 0.05) is 24.7 Å². The lowest BCUT2D eigenvalue weighted by Crippen LogP contribution is -2.35. The molecule has 0 fully saturated rings. The number of nitrogen functional groups attached to an aromatic ring is 1. The number of hydrogen-bond donors (Lipinski definition) is 3. The second-order valence-corrected chi connectivity index (χ2v) is 6.36. The van der Waals surface area contributed by atoms with E-state index in [2.05, 4.69) is 10.0 Å². The molecule has 112 valence electrons. The van der Waals surface area contributed by atoms with Gasteiger partial charge in [0.15, 0.2) is 0 Å². The van der Waals surface area contributed by atoms with Crippen molar-refractivity contribution in [1.82, 2.24) is 10.0 Å². The summed E-state index contributed by atoms with van der Waals surface area (Å²) in [5.41, 5.74) is 5.92. The maximum Gasteiger partial charge on any atom is 0.240 e. The van der Waals surface area contributed by atoms with E-state index >= 15 is 0 Å². The van der Waals surface area contributed by atoms with E-state index in [0.717, 1.165) is 6.42 Å². The third-order valence-electron chi connectivity index (χ3n) is 2.83. The molecule has 0 aliphatic carbocycles. The van der Waals surface area contributed by atoms with Crippen LogP contribution in [0.3, 0.4) is 0 Å². The molecule has 1 aromatic carbocycles. The van der Waals surface area contributed by atoms with Crippen molar-refractivity contribution >= 4 is 21.6 Å². The van der Waals surface area contributed by atoms with Gasteiger partial charge in [-0.05, 0) is 31.5 Å². The third-order valence-corrected chi connectivity index (χ3v) is 4.29. The van der Waals surface area contributed by atoms with Gasteiger partial charge in [-0.3, -0.25) is 4.79 Å². The highest BCUT2D eigenvalue weighted by Crippen LogP contribution is 2.12. The number of hydrogen-bond acceptors (Lipinski definition) is 4. The SMILES string of the molecule is CCC(C)NC(=O)CCNS(=O)(=O)c1cccc(N)c1. The average molecular weight is 299 g/mol. The van der Waals surface area contributed by atoms with E-state index in [-0.39, 0.29) is 29.8 Å². The van der Waals surface area contributed by atoms with Crippen LogP contribution in [0.4, 0.5) is 5.69 Å². The van der Waals surface area contributed by atoms with E-state index < -0.39 is 10.0 Å². The summed E-state index contributed by atoms with van der Waals surface area (Å²) in [7, 11) is -3.62. The van der Waals surface area contributed by atoms with Gasteiger partial charge >= 0.3 is 0 Å². The first-order valence-corrected chi connectivity index (χ1v) is 7.98. The van der Waals surface area contributed by atoms with Gasteiger partial charge < -0.3 is 11.1 Å². The number of amides is 1. The molecule has 1 rings (SSSR count). The van der Waals surface area contributed by atoms with Crippen molar-refractivity contribution < 1.29 is 13.2 Å². The minimum absolute atomic E-state index is 0.0550. The van der Waals surface area contributed by atoms with Crippen molar-refractivity contribution in [3.8, 4) is 0 Å². The van der Waals surface area contributed by atoms with Gasteiger partial charge in [-0.2, -0.15) is 0 Å². The maximum absolute atomic E-state index is 11.9. The smallest absolute Gasteiger partial charge is 0.240 e. The number of nitrogens with one attached hydrogen (secondary N) is 2. The second kappa shape index (κ2) is 7.25. The number of carbonyl (C=O) groups excluding carboxylic acids is 1. The largest absolute Gasteiger partial charge is 0.399 e. The van der Waals surface area contributed by atoms with Crippen LogP contribution in [0, 0.1) is 0 Å². The van der Waals surface area contributed by atoms with E-state index in [9.17, 15) is 13.2 Å². The number of anilines is 1. The van der Waals surface area contributed by atoms with Gasteiger partial charge in [0.25, 0.3) is 0 Å². The van der Waals surface area contributed by atoms with E-state index in [4.69, 9.17) is 5.73 Å². The predicted molar refractivity (Wildman–Crippen MR) is 78.6 cm³/mol. The number of nitrogens with two attached hydrogens (primary N) is 1. The molecule has 0 aromatic heterocycles. The summed E-state index contributed by atoms with van der Waals surface area (Å²) in [4.78, 5) is 11.6. The molecule has 6 nitrogen and oxygen atoms in total. The van der Waals surface area contributed by atoms with E-state index in [1.54, 1.807) is 12.1 Å². The van der Waals surface area contributed by atoms with E-state index in [0.29, 0.717) is 5.69 Å². The Morgan fingerprint density at radius 1 is 1.40 bits per heavy atom. The number of benzene rings is 1. The molecule has 0 aliphatic heterocycles. The van der Waals surface area contributed by atoms with Crippen LogP contribution in [-0.4, -0.2) is 26.9 Å². The molecule has 20 heavy (non-hydrogen) atoms. The number of sulfonamides is 1. The molecule has 0 aliphatic rings. The first-order chi connectivity index (χ1) is 9.35. The highest BCUT2D eigenvalue weighted by atomic mass is 32.2. The Morgan fingerprint density at radius 3 is 2.70 bits per heavy atom. The summed E-state index contributed by atoms with van der Waals surface area (Å²) in [5.74, 6) is -0.172. The summed E-state index contributed by atoms with van der Waals surface area (Å²) >= 11 is 0. The Bertz CT molecular complexity index is 558. The van der Waals surface area contributed by atoms with Crippen molar-refractivity contribution in [3.05, 3.63) is 24.3 Å². The molecule has 0 bridgehead atoms. The topological polar surface area (TPSA) is 101 Å². The minimum Gasteiger partial charge on any atom is -0.399 e. The standard InChI is InChI=1S/C13H21N3O3S/c1-3-10(2)16-13(17)7-8-15-20(18,19)12-6-4-5-11(14)9-12/h4-6,9-10,15H,3,7-8,14H2,1-2H3,(H,16,17). The van der Waals surface area contributed by atoms with Crippen LogP contribution < -0.4 is 15.8 Å². The van der Waals surface area contributed by atoms with Crippen LogP contribution >= 0.6 is 0 Å². The Morgan fingerprint density at radius 2 is 2.10 bits per heavy atom. The Hall–Kier alpha value is -1.60. The van der Waals surface area contributed by atoms with Gasteiger partial charge in [-0.1, -0.05) is 13.0 Å². The second-order valence-electron chi connectivity index (χ2n) is 4.60. The highest BCUT2D eigenvalue weighted by Gasteiger charge is 2.14. The van der Waals surface area contributed by atoms with Crippen LogP contribution in [0.25, 0.3) is 0 Å². The minimum atomic E-state index is -3.62. The Labute approximate surface area is 119 Å². The van der Waals surface area contributed by atoms with Crippen LogP contribution in [0.1, 0.15) is 26.7 Å². The molecule has 1 atom stereocenters. The fraction of sp³-hybridized carbons (Fsp3) is 0.462. The molecule has 4 N–H and O–H groups in total. The number of rotatable bonds is 7. The Balaban J connectivity index is 2.51. The average Bonchev–Trinajstić information content (AvgIpc) is 2.38. The summed E-state index contributed by atoms with van der Waals surface area (Å²) in [6, 6.07) is 6.10. The summed E-state index contributed by atoms with van der Waals surface area (Å²) in [6.45, 7) is 3.92. The predicted octanol–water partition coefficient (Wildman–Crippen LogP) is 0.852. The van der Waals surface area contributed by atoms with Crippen molar-refractivity contribution in [2.75, 3.05) is 12.3 Å². The molecule has 0 spiro atoms. The third kappa shape index (κ3) is 5.18. The van der Waals surface area contributed by atoms with Crippen LogP contribution in [0.15, 0.2) is 29.2 Å². The molecule has 1 unspecified atom stereocenters. The monoisotopic (exact) mass is 299 g/mol. The molecule has 0 saturated carbocycles. The van der Waals surface area contributed by atoms with Crippen LogP contribution in [-0.2, 0) is 14.8 Å². The first-order valence-electron chi connectivity index (χ1n) is 6.49. The molecule has 7 heteroatoms. The summed E-state index contributed by atoms with van der Waals surface area (Å²) < 4.78 is 26.3. The van der Waals surface area contributed by atoms with E-state index in [1.165, 1.54) is 12.1 Å². The summed E-state index contributed by atoms with van der Waals surface area (Å²) in [5, 5.41) is 2.77. The molecular formula is C13H21N3O3S.